The van der Waals surface area contributed by atoms with Gasteiger partial charge in [-0.3, -0.25) is 4.79 Å². The van der Waals surface area contributed by atoms with Crippen LogP contribution in [0.5, 0.6) is 11.6 Å². The maximum absolute atomic E-state index is 11.0. The lowest BCUT2D eigenvalue weighted by molar-refractivity contribution is -0.139. The molecule has 0 radical (unpaired) electrons. The summed E-state index contributed by atoms with van der Waals surface area (Å²) in [6.45, 7) is 4.54. The van der Waals surface area contributed by atoms with Gasteiger partial charge in [-0.2, -0.15) is 0 Å². The van der Waals surface area contributed by atoms with E-state index in [4.69, 9.17) is 14.6 Å². The summed E-state index contributed by atoms with van der Waals surface area (Å²) in [7, 11) is 0. The summed E-state index contributed by atoms with van der Waals surface area (Å²) in [5.74, 6) is 0.342. The molecule has 6 nitrogen and oxygen atoms in total. The Balaban J connectivity index is 1.82. The van der Waals surface area contributed by atoms with Gasteiger partial charge in [0.1, 0.15) is 24.5 Å². The van der Waals surface area contributed by atoms with Crippen LogP contribution in [0.3, 0.4) is 0 Å². The lowest BCUT2D eigenvalue weighted by atomic mass is 10.1. The Labute approximate surface area is 133 Å². The van der Waals surface area contributed by atoms with Gasteiger partial charge in [-0.15, -0.1) is 0 Å². The third-order valence-corrected chi connectivity index (χ3v) is 3.74. The first kappa shape index (κ1) is 15.3. The van der Waals surface area contributed by atoms with E-state index in [1.54, 1.807) is 12.3 Å². The standard InChI is InChI=1S/C17H18N2O4/c1-2-7-22-12-4-3-11-5-6-18-16(14(11)8-12)23-13-9-15(17(20)21)19-10-13/h2-6,8,13,15,19H,1,7,9-10H2,(H,20,21)/t13-,15+/m1/s1. The number of pyridine rings is 1. The van der Waals surface area contributed by atoms with Crippen molar-refractivity contribution in [2.45, 2.75) is 18.6 Å². The molecule has 0 saturated carbocycles. The first-order chi connectivity index (χ1) is 11.2. The number of carboxylic acids is 1. The van der Waals surface area contributed by atoms with Gasteiger partial charge < -0.3 is 19.9 Å². The minimum atomic E-state index is -0.859. The number of ether oxygens (including phenoxy) is 2. The first-order valence-electron chi connectivity index (χ1n) is 7.42. The average Bonchev–Trinajstić information content (AvgIpc) is 3.02. The molecular formula is C17H18N2O4. The highest BCUT2D eigenvalue weighted by molar-refractivity contribution is 5.88. The molecule has 1 saturated heterocycles. The molecule has 0 aliphatic carbocycles. The average molecular weight is 314 g/mol. The molecule has 3 rings (SSSR count). The second-order valence-corrected chi connectivity index (χ2v) is 5.37. The number of nitrogens with zero attached hydrogens (tertiary/aromatic N) is 1. The van der Waals surface area contributed by atoms with Crippen LogP contribution in [0, 0.1) is 0 Å². The number of fused-ring (bicyclic) bond motifs is 1. The molecule has 0 unspecified atom stereocenters. The van der Waals surface area contributed by atoms with Crippen molar-refractivity contribution < 1.29 is 19.4 Å². The number of carboxylic acid groups (broad SMARTS) is 1. The normalized spacial score (nSPS) is 20.3. The predicted molar refractivity (Wildman–Crippen MR) is 85.9 cm³/mol. The molecule has 2 N–H and O–H groups in total. The van der Waals surface area contributed by atoms with Gasteiger partial charge >= 0.3 is 5.97 Å². The molecule has 6 heteroatoms. The van der Waals surface area contributed by atoms with Gasteiger partial charge in [-0.25, -0.2) is 4.98 Å². The summed E-state index contributed by atoms with van der Waals surface area (Å²) < 4.78 is 11.5. The van der Waals surface area contributed by atoms with E-state index in [1.165, 1.54) is 0 Å². The van der Waals surface area contributed by atoms with Crippen LogP contribution in [-0.2, 0) is 4.79 Å². The van der Waals surface area contributed by atoms with Crippen molar-refractivity contribution in [2.24, 2.45) is 0 Å². The van der Waals surface area contributed by atoms with E-state index in [-0.39, 0.29) is 6.10 Å². The fourth-order valence-corrected chi connectivity index (χ4v) is 2.60. The number of aromatic nitrogens is 1. The lowest BCUT2D eigenvalue weighted by Crippen LogP contribution is -2.30. The van der Waals surface area contributed by atoms with Crippen LogP contribution in [0.25, 0.3) is 10.8 Å². The topological polar surface area (TPSA) is 80.7 Å². The summed E-state index contributed by atoms with van der Waals surface area (Å²) >= 11 is 0. The molecule has 2 atom stereocenters. The number of rotatable bonds is 6. The van der Waals surface area contributed by atoms with Crippen molar-refractivity contribution in [3.8, 4) is 11.6 Å². The number of hydrogen-bond acceptors (Lipinski definition) is 5. The third-order valence-electron chi connectivity index (χ3n) is 3.74. The van der Waals surface area contributed by atoms with Crippen molar-refractivity contribution in [3.63, 3.8) is 0 Å². The van der Waals surface area contributed by atoms with Gasteiger partial charge in [-0.1, -0.05) is 18.7 Å². The molecule has 0 spiro atoms. The minimum absolute atomic E-state index is 0.216. The van der Waals surface area contributed by atoms with Crippen LogP contribution in [0.15, 0.2) is 43.1 Å². The molecule has 23 heavy (non-hydrogen) atoms. The Hall–Kier alpha value is -2.60. The van der Waals surface area contributed by atoms with Crippen molar-refractivity contribution in [3.05, 3.63) is 43.1 Å². The maximum atomic E-state index is 11.0. The molecule has 0 bridgehead atoms. The lowest BCUT2D eigenvalue weighted by Gasteiger charge is -2.14. The Morgan fingerprint density at radius 2 is 2.35 bits per heavy atom. The number of hydrogen-bond donors (Lipinski definition) is 2. The molecule has 1 fully saturated rings. The van der Waals surface area contributed by atoms with Gasteiger partial charge in [0.15, 0.2) is 0 Å². The van der Waals surface area contributed by atoms with E-state index >= 15 is 0 Å². The van der Waals surface area contributed by atoms with Gasteiger partial charge in [0.25, 0.3) is 0 Å². The highest BCUT2D eigenvalue weighted by Crippen LogP contribution is 2.29. The fourth-order valence-electron chi connectivity index (χ4n) is 2.60. The minimum Gasteiger partial charge on any atom is -0.490 e. The Bertz CT molecular complexity index is 732. The zero-order valence-electron chi connectivity index (χ0n) is 12.6. The predicted octanol–water partition coefficient (Wildman–Crippen LogP) is 1.99. The van der Waals surface area contributed by atoms with Crippen molar-refractivity contribution in [2.75, 3.05) is 13.2 Å². The van der Waals surface area contributed by atoms with E-state index in [2.05, 4.69) is 16.9 Å². The third kappa shape index (κ3) is 3.43. The van der Waals surface area contributed by atoms with Crippen molar-refractivity contribution >= 4 is 16.7 Å². The zero-order valence-corrected chi connectivity index (χ0v) is 12.6. The van der Waals surface area contributed by atoms with Crippen LogP contribution < -0.4 is 14.8 Å². The molecule has 2 heterocycles. The summed E-state index contributed by atoms with van der Waals surface area (Å²) in [4.78, 5) is 15.3. The summed E-state index contributed by atoms with van der Waals surface area (Å²) in [5, 5.41) is 13.8. The van der Waals surface area contributed by atoms with Gasteiger partial charge in [0.2, 0.25) is 5.88 Å². The van der Waals surface area contributed by atoms with Crippen molar-refractivity contribution in [1.82, 2.24) is 10.3 Å². The SMILES string of the molecule is C=CCOc1ccc2ccnc(O[C@H]3CN[C@H](C(=O)O)C3)c2c1. The quantitative estimate of drug-likeness (QED) is 0.794. The fraction of sp³-hybridized carbons (Fsp3) is 0.294. The van der Waals surface area contributed by atoms with Crippen LogP contribution in [0.2, 0.25) is 0 Å². The van der Waals surface area contributed by atoms with E-state index < -0.39 is 12.0 Å². The largest absolute Gasteiger partial charge is 0.490 e. The Morgan fingerprint density at radius 1 is 1.48 bits per heavy atom. The molecule has 2 aromatic rings. The second kappa shape index (κ2) is 6.66. The van der Waals surface area contributed by atoms with E-state index in [9.17, 15) is 4.79 Å². The summed E-state index contributed by atoms with van der Waals surface area (Å²) in [6, 6.07) is 7.02. The van der Waals surface area contributed by atoms with Gasteiger partial charge in [0, 0.05) is 24.5 Å². The molecule has 120 valence electrons. The molecule has 1 aromatic carbocycles. The van der Waals surface area contributed by atoms with Crippen LogP contribution in [0.1, 0.15) is 6.42 Å². The summed E-state index contributed by atoms with van der Waals surface area (Å²) in [6.07, 6.45) is 3.56. The number of aliphatic carboxylic acids is 1. The van der Waals surface area contributed by atoms with E-state index in [0.29, 0.717) is 31.2 Å². The second-order valence-electron chi connectivity index (χ2n) is 5.37. The summed E-state index contributed by atoms with van der Waals surface area (Å²) in [5.41, 5.74) is 0. The van der Waals surface area contributed by atoms with Crippen molar-refractivity contribution in [1.29, 1.82) is 0 Å². The maximum Gasteiger partial charge on any atom is 0.320 e. The van der Waals surface area contributed by atoms with E-state index in [0.717, 1.165) is 10.8 Å². The molecule has 0 amide bonds. The van der Waals surface area contributed by atoms with Crippen LogP contribution in [0.4, 0.5) is 0 Å². The highest BCUT2D eigenvalue weighted by Gasteiger charge is 2.30. The number of nitrogens with one attached hydrogen (secondary N) is 1. The number of carbonyl (C=O) groups is 1. The highest BCUT2D eigenvalue weighted by atomic mass is 16.5. The number of benzene rings is 1. The smallest absolute Gasteiger partial charge is 0.320 e. The zero-order chi connectivity index (χ0) is 16.2. The van der Waals surface area contributed by atoms with Gasteiger partial charge in [-0.05, 0) is 23.6 Å². The van der Waals surface area contributed by atoms with Crippen LogP contribution in [-0.4, -0.2) is 41.4 Å². The van der Waals surface area contributed by atoms with Crippen LogP contribution >= 0.6 is 0 Å². The first-order valence-corrected chi connectivity index (χ1v) is 7.42. The molecular weight excluding hydrogens is 296 g/mol. The van der Waals surface area contributed by atoms with E-state index in [1.807, 2.05) is 24.3 Å². The molecule has 1 aliphatic heterocycles. The monoisotopic (exact) mass is 314 g/mol. The Morgan fingerprint density at radius 3 is 3.09 bits per heavy atom. The van der Waals surface area contributed by atoms with Gasteiger partial charge in [0.05, 0.1) is 0 Å². The molecule has 1 aromatic heterocycles. The molecule has 1 aliphatic rings. The Kier molecular flexibility index (Phi) is 4.43.